The molecule has 2 heterocycles. The third kappa shape index (κ3) is 3.73. The molecule has 26 heavy (non-hydrogen) atoms. The SMILES string of the molecule is Cc1nc(C#Cc2ccnc(Cl)c2)c(C)n1-c1cccc(C(F)(F)F)c1. The molecule has 3 rings (SSSR count). The molecule has 7 heteroatoms. The summed E-state index contributed by atoms with van der Waals surface area (Å²) in [5, 5.41) is 0.333. The molecule has 0 saturated heterocycles. The number of rotatable bonds is 1. The van der Waals surface area contributed by atoms with E-state index in [0.29, 0.717) is 33.6 Å². The fraction of sp³-hybridized carbons (Fsp3) is 0.158. The van der Waals surface area contributed by atoms with E-state index >= 15 is 0 Å². The molecule has 0 unspecified atom stereocenters. The normalized spacial score (nSPS) is 11.2. The molecule has 0 aliphatic rings. The number of aryl methyl sites for hydroxylation is 1. The average molecular weight is 376 g/mol. The molecule has 0 fully saturated rings. The smallest absolute Gasteiger partial charge is 0.300 e. The van der Waals surface area contributed by atoms with Gasteiger partial charge in [0.05, 0.1) is 11.3 Å². The van der Waals surface area contributed by atoms with Gasteiger partial charge in [0, 0.05) is 17.4 Å². The first kappa shape index (κ1) is 18.0. The van der Waals surface area contributed by atoms with Crippen LogP contribution in [0, 0.1) is 25.7 Å². The van der Waals surface area contributed by atoms with Crippen LogP contribution < -0.4 is 0 Å². The maximum Gasteiger partial charge on any atom is 0.416 e. The number of hydrogen-bond acceptors (Lipinski definition) is 2. The van der Waals surface area contributed by atoms with Gasteiger partial charge in [0.1, 0.15) is 16.7 Å². The minimum absolute atomic E-state index is 0.333. The highest BCUT2D eigenvalue weighted by Gasteiger charge is 2.30. The molecule has 0 bridgehead atoms. The predicted molar refractivity (Wildman–Crippen MR) is 93.3 cm³/mol. The molecule has 0 N–H and O–H groups in total. The first-order valence-electron chi connectivity index (χ1n) is 7.63. The minimum atomic E-state index is -4.40. The van der Waals surface area contributed by atoms with E-state index in [-0.39, 0.29) is 0 Å². The first-order chi connectivity index (χ1) is 12.3. The van der Waals surface area contributed by atoms with Crippen LogP contribution in [0.2, 0.25) is 5.15 Å². The highest BCUT2D eigenvalue weighted by molar-refractivity contribution is 6.29. The van der Waals surface area contributed by atoms with Crippen LogP contribution in [-0.2, 0) is 6.18 Å². The maximum absolute atomic E-state index is 13.0. The Hall–Kier alpha value is -2.78. The van der Waals surface area contributed by atoms with Gasteiger partial charge in [-0.05, 0) is 50.1 Å². The quantitative estimate of drug-likeness (QED) is 0.445. The van der Waals surface area contributed by atoms with Gasteiger partial charge in [0.15, 0.2) is 0 Å². The number of halogens is 4. The summed E-state index contributed by atoms with van der Waals surface area (Å²) in [5.41, 5.74) is 1.52. The Balaban J connectivity index is 2.02. The summed E-state index contributed by atoms with van der Waals surface area (Å²) < 4.78 is 40.6. The molecule has 3 nitrogen and oxygen atoms in total. The maximum atomic E-state index is 13.0. The van der Waals surface area contributed by atoms with Gasteiger partial charge in [-0.25, -0.2) is 9.97 Å². The van der Waals surface area contributed by atoms with Gasteiger partial charge in [-0.1, -0.05) is 23.6 Å². The van der Waals surface area contributed by atoms with Crippen molar-refractivity contribution in [3.05, 3.63) is 76.1 Å². The molecule has 0 atom stereocenters. The number of pyridine rings is 1. The van der Waals surface area contributed by atoms with E-state index in [1.54, 1.807) is 42.8 Å². The summed E-state index contributed by atoms with van der Waals surface area (Å²) in [7, 11) is 0. The predicted octanol–water partition coefficient (Wildman–Crippen LogP) is 4.96. The second-order valence-electron chi connectivity index (χ2n) is 5.59. The van der Waals surface area contributed by atoms with Crippen molar-refractivity contribution in [3.63, 3.8) is 0 Å². The van der Waals surface area contributed by atoms with Crippen molar-refractivity contribution in [2.75, 3.05) is 0 Å². The van der Waals surface area contributed by atoms with E-state index in [2.05, 4.69) is 21.8 Å². The van der Waals surface area contributed by atoms with E-state index in [1.807, 2.05) is 0 Å². The topological polar surface area (TPSA) is 30.7 Å². The first-order valence-corrected chi connectivity index (χ1v) is 8.00. The van der Waals surface area contributed by atoms with Crippen LogP contribution in [0.4, 0.5) is 13.2 Å². The van der Waals surface area contributed by atoms with Crippen LogP contribution >= 0.6 is 11.6 Å². The van der Waals surface area contributed by atoms with E-state index in [0.717, 1.165) is 12.1 Å². The molecule has 0 aliphatic carbocycles. The van der Waals surface area contributed by atoms with Gasteiger partial charge in [-0.2, -0.15) is 13.2 Å². The molecule has 132 valence electrons. The van der Waals surface area contributed by atoms with Gasteiger partial charge in [-0.3, -0.25) is 4.57 Å². The highest BCUT2D eigenvalue weighted by atomic mass is 35.5. The molecule has 3 aromatic rings. The van der Waals surface area contributed by atoms with Gasteiger partial charge in [-0.15, -0.1) is 0 Å². The number of alkyl halides is 3. The Morgan fingerprint density at radius 3 is 2.54 bits per heavy atom. The van der Waals surface area contributed by atoms with Crippen molar-refractivity contribution in [3.8, 4) is 17.5 Å². The molecule has 0 saturated carbocycles. The summed E-state index contributed by atoms with van der Waals surface area (Å²) in [6.07, 6.45) is -2.85. The van der Waals surface area contributed by atoms with E-state index < -0.39 is 11.7 Å². The molecular formula is C19H13ClF3N3. The standard InChI is InChI=1S/C19H13ClF3N3/c1-12-17(7-6-14-8-9-24-18(20)10-14)25-13(2)26(12)16-5-3-4-15(11-16)19(21,22)23/h3-5,8-11H,1-2H3. The molecule has 0 radical (unpaired) electrons. The Bertz CT molecular complexity index is 1030. The Morgan fingerprint density at radius 2 is 1.85 bits per heavy atom. The summed E-state index contributed by atoms with van der Waals surface area (Å²) in [6, 6.07) is 8.46. The minimum Gasteiger partial charge on any atom is -0.300 e. The number of benzene rings is 1. The molecular weight excluding hydrogens is 363 g/mol. The van der Waals surface area contributed by atoms with Crippen molar-refractivity contribution < 1.29 is 13.2 Å². The van der Waals surface area contributed by atoms with E-state index in [1.165, 1.54) is 6.07 Å². The number of hydrogen-bond donors (Lipinski definition) is 0. The molecule has 0 aliphatic heterocycles. The van der Waals surface area contributed by atoms with Crippen molar-refractivity contribution >= 4 is 11.6 Å². The fourth-order valence-corrected chi connectivity index (χ4v) is 2.75. The molecule has 0 spiro atoms. The zero-order chi connectivity index (χ0) is 18.9. The van der Waals surface area contributed by atoms with E-state index in [4.69, 9.17) is 11.6 Å². The second kappa shape index (κ2) is 6.85. The van der Waals surface area contributed by atoms with Crippen LogP contribution in [0.15, 0.2) is 42.6 Å². The monoisotopic (exact) mass is 375 g/mol. The summed E-state index contributed by atoms with van der Waals surface area (Å²) in [4.78, 5) is 8.26. The van der Waals surface area contributed by atoms with Crippen molar-refractivity contribution in [2.45, 2.75) is 20.0 Å². The number of nitrogens with zero attached hydrogens (tertiary/aromatic N) is 3. The third-order valence-corrected chi connectivity index (χ3v) is 3.97. The third-order valence-electron chi connectivity index (χ3n) is 3.76. The second-order valence-corrected chi connectivity index (χ2v) is 5.98. The number of aromatic nitrogens is 3. The lowest BCUT2D eigenvalue weighted by Gasteiger charge is -2.11. The van der Waals surface area contributed by atoms with Crippen molar-refractivity contribution in [1.29, 1.82) is 0 Å². The van der Waals surface area contributed by atoms with Gasteiger partial charge in [0.2, 0.25) is 0 Å². The zero-order valence-electron chi connectivity index (χ0n) is 13.9. The summed E-state index contributed by atoms with van der Waals surface area (Å²) in [5.74, 6) is 6.44. The molecule has 2 aromatic heterocycles. The van der Waals surface area contributed by atoms with Crippen LogP contribution in [-0.4, -0.2) is 14.5 Å². The van der Waals surface area contributed by atoms with Crippen LogP contribution in [0.5, 0.6) is 0 Å². The van der Waals surface area contributed by atoms with Gasteiger partial charge in [0.25, 0.3) is 0 Å². The Morgan fingerprint density at radius 1 is 1.08 bits per heavy atom. The van der Waals surface area contributed by atoms with Gasteiger partial charge < -0.3 is 0 Å². The summed E-state index contributed by atoms with van der Waals surface area (Å²) >= 11 is 5.83. The lowest BCUT2D eigenvalue weighted by molar-refractivity contribution is -0.137. The van der Waals surface area contributed by atoms with Crippen molar-refractivity contribution in [2.24, 2.45) is 0 Å². The lowest BCUT2D eigenvalue weighted by Crippen LogP contribution is -2.07. The van der Waals surface area contributed by atoms with Gasteiger partial charge >= 0.3 is 6.18 Å². The lowest BCUT2D eigenvalue weighted by atomic mass is 10.2. The largest absolute Gasteiger partial charge is 0.416 e. The van der Waals surface area contributed by atoms with Crippen LogP contribution in [0.3, 0.4) is 0 Å². The zero-order valence-corrected chi connectivity index (χ0v) is 14.7. The highest BCUT2D eigenvalue weighted by Crippen LogP contribution is 2.31. The van der Waals surface area contributed by atoms with Crippen LogP contribution in [0.25, 0.3) is 5.69 Å². The molecule has 0 amide bonds. The average Bonchev–Trinajstić information content (AvgIpc) is 2.86. The fourth-order valence-electron chi connectivity index (χ4n) is 2.57. The van der Waals surface area contributed by atoms with Crippen molar-refractivity contribution in [1.82, 2.24) is 14.5 Å². The Labute approximate surface area is 153 Å². The van der Waals surface area contributed by atoms with E-state index in [9.17, 15) is 13.2 Å². The van der Waals surface area contributed by atoms with Crippen LogP contribution in [0.1, 0.15) is 28.3 Å². The molecule has 1 aromatic carbocycles. The Kier molecular flexibility index (Phi) is 4.75. The summed E-state index contributed by atoms with van der Waals surface area (Å²) in [6.45, 7) is 3.49. The number of imidazole rings is 1.